The lowest BCUT2D eigenvalue weighted by Gasteiger charge is -2.35. The molecule has 0 saturated carbocycles. The molecule has 122 valence electrons. The molecule has 1 N–H and O–H groups in total. The maximum atomic E-state index is 12.2. The second kappa shape index (κ2) is 7.26. The predicted molar refractivity (Wildman–Crippen MR) is 84.0 cm³/mol. The highest BCUT2D eigenvalue weighted by Gasteiger charge is 2.28. The van der Waals surface area contributed by atoms with Gasteiger partial charge in [-0.05, 0) is 18.6 Å². The summed E-state index contributed by atoms with van der Waals surface area (Å²) in [7, 11) is 0. The van der Waals surface area contributed by atoms with Crippen LogP contribution < -0.4 is 10.2 Å². The summed E-state index contributed by atoms with van der Waals surface area (Å²) < 4.78 is 0. The Morgan fingerprint density at radius 1 is 1.26 bits per heavy atom. The molecule has 2 aliphatic heterocycles. The first-order valence-corrected chi connectivity index (χ1v) is 7.86. The minimum atomic E-state index is -0.258. The number of hydrogen-bond donors (Lipinski definition) is 1. The fourth-order valence-corrected chi connectivity index (χ4v) is 2.89. The molecule has 0 radical (unpaired) electrons. The predicted octanol–water partition coefficient (Wildman–Crippen LogP) is 0.377. The zero-order valence-electron chi connectivity index (χ0n) is 12.9. The van der Waals surface area contributed by atoms with E-state index < -0.39 is 0 Å². The van der Waals surface area contributed by atoms with Crippen LogP contribution in [0.3, 0.4) is 0 Å². The first kappa shape index (κ1) is 15.5. The molecule has 0 aromatic carbocycles. The fourth-order valence-electron chi connectivity index (χ4n) is 2.89. The van der Waals surface area contributed by atoms with Crippen LogP contribution in [0.15, 0.2) is 30.2 Å². The summed E-state index contributed by atoms with van der Waals surface area (Å²) in [5.74, 6) is 1.33. The SMILES string of the molecule is O=C=C1CC(C(=O)ON2CCN(c3ccncc3)CC2)CCN1. The first-order valence-electron chi connectivity index (χ1n) is 7.86. The molecule has 23 heavy (non-hydrogen) atoms. The zero-order valence-corrected chi connectivity index (χ0v) is 12.9. The molecule has 2 aliphatic rings. The third-order valence-electron chi connectivity index (χ3n) is 4.22. The lowest BCUT2D eigenvalue weighted by molar-refractivity contribution is -0.197. The minimum Gasteiger partial charge on any atom is -0.379 e. The maximum absolute atomic E-state index is 12.2. The largest absolute Gasteiger partial charge is 0.379 e. The average Bonchev–Trinajstić information content (AvgIpc) is 2.63. The molecule has 1 aromatic heterocycles. The molecule has 0 spiro atoms. The number of nitrogens with zero attached hydrogens (tertiary/aromatic N) is 3. The quantitative estimate of drug-likeness (QED) is 0.808. The Balaban J connectivity index is 1.49. The number of aromatic nitrogens is 1. The molecule has 3 heterocycles. The van der Waals surface area contributed by atoms with Gasteiger partial charge in [-0.15, -0.1) is 5.06 Å². The Morgan fingerprint density at radius 2 is 2.00 bits per heavy atom. The van der Waals surface area contributed by atoms with Crippen molar-refractivity contribution in [1.29, 1.82) is 0 Å². The van der Waals surface area contributed by atoms with E-state index in [2.05, 4.69) is 15.2 Å². The molecule has 7 nitrogen and oxygen atoms in total. The molecule has 7 heteroatoms. The molecular formula is C16H20N4O3. The van der Waals surface area contributed by atoms with E-state index in [1.807, 2.05) is 18.1 Å². The van der Waals surface area contributed by atoms with Crippen LogP contribution in [0.1, 0.15) is 12.8 Å². The van der Waals surface area contributed by atoms with Gasteiger partial charge in [-0.1, -0.05) is 0 Å². The highest BCUT2D eigenvalue weighted by atomic mass is 16.7. The molecule has 1 unspecified atom stereocenters. The standard InChI is InChI=1S/C16H20N4O3/c21-12-14-11-13(1-6-18-14)16(22)23-20-9-7-19(8-10-20)15-2-4-17-5-3-15/h2-5,13,18H,1,6-11H2. The number of anilines is 1. The zero-order chi connectivity index (χ0) is 16.1. The average molecular weight is 316 g/mol. The summed E-state index contributed by atoms with van der Waals surface area (Å²) in [6, 6.07) is 3.95. The summed E-state index contributed by atoms with van der Waals surface area (Å²) in [5.41, 5.74) is 1.59. The van der Waals surface area contributed by atoms with Gasteiger partial charge in [-0.25, -0.2) is 4.79 Å². The fraction of sp³-hybridized carbons (Fsp3) is 0.500. The number of nitrogens with one attached hydrogen (secondary N) is 1. The number of hydroxylamine groups is 2. The van der Waals surface area contributed by atoms with Crippen molar-refractivity contribution in [2.24, 2.45) is 5.92 Å². The molecule has 1 atom stereocenters. The van der Waals surface area contributed by atoms with Crippen LogP contribution in [0.4, 0.5) is 5.69 Å². The second-order valence-corrected chi connectivity index (χ2v) is 5.73. The van der Waals surface area contributed by atoms with Gasteiger partial charge in [-0.2, -0.15) is 0 Å². The third-order valence-corrected chi connectivity index (χ3v) is 4.22. The van der Waals surface area contributed by atoms with Crippen LogP contribution in [-0.4, -0.2) is 54.7 Å². The first-order chi connectivity index (χ1) is 11.3. The van der Waals surface area contributed by atoms with E-state index in [9.17, 15) is 9.59 Å². The smallest absolute Gasteiger partial charge is 0.328 e. The number of piperidine rings is 1. The van der Waals surface area contributed by atoms with E-state index in [1.165, 1.54) is 0 Å². The van der Waals surface area contributed by atoms with Gasteiger partial charge in [0.25, 0.3) is 0 Å². The van der Waals surface area contributed by atoms with Gasteiger partial charge >= 0.3 is 5.97 Å². The molecule has 2 saturated heterocycles. The van der Waals surface area contributed by atoms with Crippen molar-refractivity contribution in [2.75, 3.05) is 37.6 Å². The van der Waals surface area contributed by atoms with Crippen molar-refractivity contribution < 1.29 is 14.4 Å². The van der Waals surface area contributed by atoms with E-state index in [-0.39, 0.29) is 11.9 Å². The van der Waals surface area contributed by atoms with Gasteiger partial charge in [0.1, 0.15) is 5.94 Å². The van der Waals surface area contributed by atoms with Crippen LogP contribution in [0.5, 0.6) is 0 Å². The topological polar surface area (TPSA) is 74.8 Å². The lowest BCUT2D eigenvalue weighted by Crippen LogP contribution is -2.48. The van der Waals surface area contributed by atoms with Crippen molar-refractivity contribution in [3.8, 4) is 0 Å². The van der Waals surface area contributed by atoms with E-state index >= 15 is 0 Å². The Labute approximate surface area is 134 Å². The summed E-state index contributed by atoms with van der Waals surface area (Å²) in [4.78, 5) is 34.7. The third kappa shape index (κ3) is 3.88. The Hall–Kier alpha value is -2.37. The molecule has 0 aliphatic carbocycles. The number of carbonyl (C=O) groups is 1. The van der Waals surface area contributed by atoms with Crippen molar-refractivity contribution in [3.05, 3.63) is 30.2 Å². The van der Waals surface area contributed by atoms with Crippen LogP contribution in [-0.2, 0) is 14.4 Å². The van der Waals surface area contributed by atoms with Crippen molar-refractivity contribution in [2.45, 2.75) is 12.8 Å². The molecular weight excluding hydrogens is 296 g/mol. The van der Waals surface area contributed by atoms with Crippen molar-refractivity contribution >= 4 is 17.6 Å². The van der Waals surface area contributed by atoms with E-state index in [1.54, 1.807) is 17.5 Å². The number of allylic oxidation sites excluding steroid dienone is 1. The highest BCUT2D eigenvalue weighted by molar-refractivity contribution is 5.73. The van der Waals surface area contributed by atoms with Crippen molar-refractivity contribution in [3.63, 3.8) is 0 Å². The van der Waals surface area contributed by atoms with Crippen molar-refractivity contribution in [1.82, 2.24) is 15.4 Å². The van der Waals surface area contributed by atoms with Gasteiger partial charge in [0, 0.05) is 44.1 Å². The normalized spacial score (nSPS) is 22.2. The molecule has 2 fully saturated rings. The Morgan fingerprint density at radius 3 is 2.70 bits per heavy atom. The maximum Gasteiger partial charge on any atom is 0.328 e. The molecule has 1 aromatic rings. The lowest BCUT2D eigenvalue weighted by atomic mass is 9.96. The summed E-state index contributed by atoms with van der Waals surface area (Å²) >= 11 is 0. The van der Waals surface area contributed by atoms with Gasteiger partial charge in [0.15, 0.2) is 0 Å². The highest BCUT2D eigenvalue weighted by Crippen LogP contribution is 2.20. The van der Waals surface area contributed by atoms with Gasteiger partial charge in [-0.3, -0.25) is 9.78 Å². The minimum absolute atomic E-state index is 0.253. The number of pyridine rings is 1. The van der Waals surface area contributed by atoms with Gasteiger partial charge in [0.2, 0.25) is 0 Å². The van der Waals surface area contributed by atoms with E-state index in [0.29, 0.717) is 38.2 Å². The van der Waals surface area contributed by atoms with Gasteiger partial charge in [0.05, 0.1) is 24.7 Å². The summed E-state index contributed by atoms with van der Waals surface area (Å²) in [5, 5.41) is 4.66. The van der Waals surface area contributed by atoms with Crippen LogP contribution >= 0.6 is 0 Å². The van der Waals surface area contributed by atoms with Gasteiger partial charge < -0.3 is 15.1 Å². The van der Waals surface area contributed by atoms with E-state index in [0.717, 1.165) is 18.8 Å². The number of rotatable bonds is 3. The summed E-state index contributed by atoms with van der Waals surface area (Å²) in [6.45, 7) is 3.52. The van der Waals surface area contributed by atoms with Crippen LogP contribution in [0.2, 0.25) is 0 Å². The van der Waals surface area contributed by atoms with Crippen LogP contribution in [0.25, 0.3) is 0 Å². The monoisotopic (exact) mass is 316 g/mol. The Kier molecular flexibility index (Phi) is 4.90. The van der Waals surface area contributed by atoms with Crippen LogP contribution in [0, 0.1) is 5.92 Å². The number of carbonyl (C=O) groups excluding carboxylic acids is 2. The molecule has 0 amide bonds. The second-order valence-electron chi connectivity index (χ2n) is 5.73. The Bertz CT molecular complexity index is 593. The molecule has 0 bridgehead atoms. The number of hydrogen-bond acceptors (Lipinski definition) is 7. The molecule has 3 rings (SSSR count). The summed E-state index contributed by atoms with van der Waals surface area (Å²) in [6.07, 6.45) is 4.62. The van der Waals surface area contributed by atoms with E-state index in [4.69, 9.17) is 4.84 Å². The number of piperazine rings is 1.